The Morgan fingerprint density at radius 1 is 0.792 bits per heavy atom. The normalized spacial score (nSPS) is 16.4. The van der Waals surface area contributed by atoms with Gasteiger partial charge in [-0.1, -0.05) is 67.7 Å². The van der Waals surface area contributed by atoms with Gasteiger partial charge in [-0.3, -0.25) is 0 Å². The summed E-state index contributed by atoms with van der Waals surface area (Å²) in [6.45, 7) is 18.1. The number of ether oxygens (including phenoxy) is 2. The van der Waals surface area contributed by atoms with Crippen LogP contribution in [-0.4, -0.2) is 25.3 Å². The second-order valence-corrected chi connectivity index (χ2v) is 8.17. The SMILES string of the molecule is CCCCCOC(OCCC(C)C)(OOC(C)CCC)C(C)(C)C. The van der Waals surface area contributed by atoms with Crippen LogP contribution >= 0.6 is 0 Å². The zero-order valence-electron chi connectivity index (χ0n) is 17.4. The van der Waals surface area contributed by atoms with E-state index in [2.05, 4.69) is 48.5 Å². The number of hydrogen-bond donors (Lipinski definition) is 0. The molecule has 4 nitrogen and oxygen atoms in total. The van der Waals surface area contributed by atoms with Crippen LogP contribution in [0, 0.1) is 11.3 Å². The highest BCUT2D eigenvalue weighted by Crippen LogP contribution is 2.37. The van der Waals surface area contributed by atoms with E-state index in [1.807, 2.05) is 6.92 Å². The molecular weight excluding hydrogens is 304 g/mol. The van der Waals surface area contributed by atoms with Gasteiger partial charge in [0, 0.05) is 5.41 Å². The summed E-state index contributed by atoms with van der Waals surface area (Å²) in [6, 6.07) is 0. The predicted molar refractivity (Wildman–Crippen MR) is 99.6 cm³/mol. The minimum absolute atomic E-state index is 0.0182. The summed E-state index contributed by atoms with van der Waals surface area (Å²) in [5.41, 5.74) is -0.359. The van der Waals surface area contributed by atoms with Crippen molar-refractivity contribution in [1.82, 2.24) is 0 Å². The Morgan fingerprint density at radius 2 is 1.42 bits per heavy atom. The minimum Gasteiger partial charge on any atom is -0.325 e. The van der Waals surface area contributed by atoms with Crippen molar-refractivity contribution in [3.05, 3.63) is 0 Å². The van der Waals surface area contributed by atoms with E-state index in [0.29, 0.717) is 19.1 Å². The third kappa shape index (κ3) is 9.36. The van der Waals surface area contributed by atoms with Gasteiger partial charge >= 0.3 is 5.97 Å². The maximum Gasteiger partial charge on any atom is 0.317 e. The molecule has 0 aliphatic rings. The van der Waals surface area contributed by atoms with Crippen LogP contribution in [0.25, 0.3) is 0 Å². The molecule has 0 aromatic carbocycles. The Balaban J connectivity index is 4.97. The second kappa shape index (κ2) is 12.2. The average molecular weight is 347 g/mol. The van der Waals surface area contributed by atoms with Crippen LogP contribution in [0.15, 0.2) is 0 Å². The highest BCUT2D eigenvalue weighted by molar-refractivity contribution is 4.75. The lowest BCUT2D eigenvalue weighted by atomic mass is 9.93. The van der Waals surface area contributed by atoms with Crippen LogP contribution in [0.3, 0.4) is 0 Å². The van der Waals surface area contributed by atoms with E-state index in [-0.39, 0.29) is 11.5 Å². The first kappa shape index (κ1) is 23.8. The molecule has 4 heteroatoms. The van der Waals surface area contributed by atoms with Crippen LogP contribution in [0.1, 0.15) is 93.9 Å². The van der Waals surface area contributed by atoms with E-state index in [0.717, 1.165) is 38.5 Å². The number of hydrogen-bond acceptors (Lipinski definition) is 4. The van der Waals surface area contributed by atoms with Crippen LogP contribution in [0.4, 0.5) is 0 Å². The van der Waals surface area contributed by atoms with E-state index >= 15 is 0 Å². The average Bonchev–Trinajstić information content (AvgIpc) is 2.47. The first-order valence-corrected chi connectivity index (χ1v) is 9.80. The third-order valence-corrected chi connectivity index (χ3v) is 3.96. The summed E-state index contributed by atoms with van der Waals surface area (Å²) in [5, 5.41) is 0. The zero-order valence-corrected chi connectivity index (χ0v) is 17.4. The fourth-order valence-corrected chi connectivity index (χ4v) is 2.24. The molecule has 0 fully saturated rings. The Hall–Kier alpha value is -0.160. The molecule has 0 aromatic rings. The maximum absolute atomic E-state index is 6.14. The zero-order chi connectivity index (χ0) is 18.6. The molecule has 0 amide bonds. The van der Waals surface area contributed by atoms with Crippen molar-refractivity contribution in [3.63, 3.8) is 0 Å². The highest BCUT2D eigenvalue weighted by Gasteiger charge is 2.48. The Kier molecular flexibility index (Phi) is 12.2. The molecule has 0 aliphatic heterocycles. The van der Waals surface area contributed by atoms with Gasteiger partial charge in [-0.2, -0.15) is 4.89 Å². The molecule has 0 saturated heterocycles. The lowest BCUT2D eigenvalue weighted by molar-refractivity contribution is -0.542. The van der Waals surface area contributed by atoms with Crippen molar-refractivity contribution >= 4 is 0 Å². The third-order valence-electron chi connectivity index (χ3n) is 3.96. The summed E-state index contributed by atoms with van der Waals surface area (Å²) in [4.78, 5) is 11.5. The van der Waals surface area contributed by atoms with Crippen molar-refractivity contribution in [2.24, 2.45) is 11.3 Å². The fraction of sp³-hybridized carbons (Fsp3) is 1.00. The van der Waals surface area contributed by atoms with Crippen molar-refractivity contribution in [1.29, 1.82) is 0 Å². The van der Waals surface area contributed by atoms with Gasteiger partial charge in [0.1, 0.15) is 0 Å². The standard InChI is InChI=1S/C20H42O4/c1-9-11-12-15-21-20(19(6,7)8,22-16-14-17(3)4)24-23-18(5)13-10-2/h17-18H,9-16H2,1-8H3. The van der Waals surface area contributed by atoms with Gasteiger partial charge in [-0.25, -0.2) is 4.89 Å². The van der Waals surface area contributed by atoms with Crippen LogP contribution in [0.5, 0.6) is 0 Å². The molecule has 0 saturated carbocycles. The van der Waals surface area contributed by atoms with Gasteiger partial charge in [0.2, 0.25) is 0 Å². The van der Waals surface area contributed by atoms with E-state index < -0.39 is 5.97 Å². The van der Waals surface area contributed by atoms with E-state index in [9.17, 15) is 0 Å². The molecule has 0 aromatic heterocycles. The summed E-state index contributed by atoms with van der Waals surface area (Å²) < 4.78 is 12.3. The molecule has 24 heavy (non-hydrogen) atoms. The quantitative estimate of drug-likeness (QED) is 0.165. The minimum atomic E-state index is -1.17. The fourth-order valence-electron chi connectivity index (χ4n) is 2.24. The molecule has 0 spiro atoms. The van der Waals surface area contributed by atoms with Crippen molar-refractivity contribution in [3.8, 4) is 0 Å². The van der Waals surface area contributed by atoms with Gasteiger partial charge in [0.05, 0.1) is 19.3 Å². The molecule has 2 unspecified atom stereocenters. The topological polar surface area (TPSA) is 36.9 Å². The Labute approximate surface area is 150 Å². The molecule has 2 atom stereocenters. The van der Waals surface area contributed by atoms with Crippen LogP contribution < -0.4 is 0 Å². The summed E-state index contributed by atoms with van der Waals surface area (Å²) in [5.74, 6) is -0.597. The summed E-state index contributed by atoms with van der Waals surface area (Å²) in [6.07, 6.45) is 6.27. The molecule has 0 aliphatic carbocycles. The monoisotopic (exact) mass is 346 g/mol. The molecule has 0 heterocycles. The van der Waals surface area contributed by atoms with E-state index in [1.165, 1.54) is 0 Å². The Bertz CT molecular complexity index is 299. The number of rotatable bonds is 14. The first-order chi connectivity index (χ1) is 11.2. The lowest BCUT2D eigenvalue weighted by Crippen LogP contribution is -2.51. The van der Waals surface area contributed by atoms with Crippen molar-refractivity contribution in [2.45, 2.75) is 106 Å². The Morgan fingerprint density at radius 3 is 1.92 bits per heavy atom. The molecular formula is C20H42O4. The number of unbranched alkanes of at least 4 members (excludes halogenated alkanes) is 2. The summed E-state index contributed by atoms with van der Waals surface area (Å²) in [7, 11) is 0. The van der Waals surface area contributed by atoms with Crippen molar-refractivity contribution < 1.29 is 19.2 Å². The molecule has 0 rings (SSSR count). The van der Waals surface area contributed by atoms with Crippen molar-refractivity contribution in [2.75, 3.05) is 13.2 Å². The molecule has 0 radical (unpaired) electrons. The predicted octanol–water partition coefficient (Wildman–Crippen LogP) is 6.09. The summed E-state index contributed by atoms with van der Waals surface area (Å²) >= 11 is 0. The first-order valence-electron chi connectivity index (χ1n) is 9.80. The highest BCUT2D eigenvalue weighted by atomic mass is 17.3. The van der Waals surface area contributed by atoms with E-state index in [4.69, 9.17) is 19.2 Å². The van der Waals surface area contributed by atoms with E-state index in [1.54, 1.807) is 0 Å². The maximum atomic E-state index is 6.14. The molecule has 146 valence electrons. The largest absolute Gasteiger partial charge is 0.325 e. The van der Waals surface area contributed by atoms with Crippen LogP contribution in [-0.2, 0) is 19.2 Å². The van der Waals surface area contributed by atoms with Gasteiger partial charge < -0.3 is 9.47 Å². The van der Waals surface area contributed by atoms with Gasteiger partial charge in [-0.15, -0.1) is 0 Å². The lowest BCUT2D eigenvalue weighted by Gasteiger charge is -2.42. The molecule has 0 N–H and O–H groups in total. The molecule has 0 bridgehead atoms. The van der Waals surface area contributed by atoms with Crippen LogP contribution in [0.2, 0.25) is 0 Å². The second-order valence-electron chi connectivity index (χ2n) is 8.17. The van der Waals surface area contributed by atoms with Gasteiger partial charge in [0.25, 0.3) is 0 Å². The van der Waals surface area contributed by atoms with Gasteiger partial charge in [-0.05, 0) is 32.1 Å². The smallest absolute Gasteiger partial charge is 0.317 e. The van der Waals surface area contributed by atoms with Gasteiger partial charge in [0.15, 0.2) is 0 Å².